The second-order valence-electron chi connectivity index (χ2n) is 8.56. The van der Waals surface area contributed by atoms with Crippen LogP contribution in [0.25, 0.3) is 0 Å². The van der Waals surface area contributed by atoms with E-state index in [0.717, 1.165) is 46.4 Å². The van der Waals surface area contributed by atoms with Crippen LogP contribution >= 0.6 is 51.3 Å². The Kier molecular flexibility index (Phi) is 6.28. The lowest BCUT2D eigenvalue weighted by Gasteiger charge is -2.25. The summed E-state index contributed by atoms with van der Waals surface area (Å²) in [6.45, 7) is 2.14. The lowest BCUT2D eigenvalue weighted by atomic mass is 10.0. The number of hydrazine groups is 1. The van der Waals surface area contributed by atoms with Gasteiger partial charge in [0.15, 0.2) is 0 Å². The number of nitrogens with zero attached hydrogens (tertiary/aromatic N) is 3. The van der Waals surface area contributed by atoms with Crippen LogP contribution in [0.2, 0.25) is 10.0 Å². The van der Waals surface area contributed by atoms with E-state index in [2.05, 4.69) is 50.6 Å². The van der Waals surface area contributed by atoms with Crippen LogP contribution in [-0.2, 0) is 0 Å². The molecule has 5 rings (SSSR count). The molecule has 3 atom stereocenters. The van der Waals surface area contributed by atoms with Gasteiger partial charge in [-0.1, -0.05) is 69.9 Å². The predicted octanol–water partition coefficient (Wildman–Crippen LogP) is 6.63. The lowest BCUT2D eigenvalue weighted by Crippen LogP contribution is -2.43. The Balaban J connectivity index is 1.39. The number of rotatable bonds is 4. The zero-order valence-electron chi connectivity index (χ0n) is 16.9. The molecule has 1 saturated carbocycles. The molecule has 8 heteroatoms. The number of hydrogen-bond donors (Lipinski definition) is 1. The average Bonchev–Trinajstić information content (AvgIpc) is 3.43. The number of benzene rings is 2. The summed E-state index contributed by atoms with van der Waals surface area (Å²) < 4.78 is 1.04. The molecular weight excluding hydrogens is 515 g/mol. The van der Waals surface area contributed by atoms with Crippen LogP contribution in [-0.4, -0.2) is 28.8 Å². The Morgan fingerprint density at radius 2 is 1.77 bits per heavy atom. The first-order chi connectivity index (χ1) is 15.0. The van der Waals surface area contributed by atoms with Crippen LogP contribution in [0.4, 0.5) is 5.69 Å². The maximum Gasteiger partial charge on any atom is 0.137 e. The van der Waals surface area contributed by atoms with E-state index in [1.54, 1.807) is 6.07 Å². The molecule has 0 amide bonds. The maximum absolute atomic E-state index is 6.55. The summed E-state index contributed by atoms with van der Waals surface area (Å²) in [7, 11) is 0. The minimum atomic E-state index is 0.0134. The van der Waals surface area contributed by atoms with Crippen LogP contribution in [0.1, 0.15) is 37.3 Å². The van der Waals surface area contributed by atoms with Crippen molar-refractivity contribution in [3.8, 4) is 0 Å². The number of fused-ring (bicyclic) bond motifs is 1. The number of thiocarbonyl (C=S) groups is 1. The van der Waals surface area contributed by atoms with E-state index in [0.29, 0.717) is 21.5 Å². The molecule has 3 unspecified atom stereocenters. The van der Waals surface area contributed by atoms with Crippen molar-refractivity contribution < 1.29 is 0 Å². The molecule has 4 nitrogen and oxygen atoms in total. The monoisotopic (exact) mass is 536 g/mol. The van der Waals surface area contributed by atoms with Gasteiger partial charge in [-0.2, -0.15) is 5.10 Å². The van der Waals surface area contributed by atoms with Crippen molar-refractivity contribution in [1.29, 1.82) is 0 Å². The third-order valence-electron chi connectivity index (χ3n) is 6.57. The summed E-state index contributed by atoms with van der Waals surface area (Å²) in [5, 5.41) is 10.4. The van der Waals surface area contributed by atoms with Crippen molar-refractivity contribution in [2.45, 2.75) is 31.7 Å². The van der Waals surface area contributed by atoms with Crippen molar-refractivity contribution in [2.75, 3.05) is 18.1 Å². The summed E-state index contributed by atoms with van der Waals surface area (Å²) in [5.41, 5.74) is 6.34. The quantitative estimate of drug-likeness (QED) is 0.443. The molecule has 2 heterocycles. The average molecular weight is 538 g/mol. The highest BCUT2D eigenvalue weighted by Crippen LogP contribution is 2.40. The standard InChI is InChI=1S/C23H23BrCl2N4S/c24-17-6-4-14(5-7-17)22-11-20(27-30(22)21-9-8-18(25)10-19(21)26)23(31)28-29-12-15-2-1-3-16(15)13-29/h4-10,15-16,22H,1-3,11-13H2,(H,28,31). The molecule has 2 fully saturated rings. The Bertz CT molecular complexity index is 1020. The predicted molar refractivity (Wildman–Crippen MR) is 136 cm³/mol. The summed E-state index contributed by atoms with van der Waals surface area (Å²) >= 11 is 22.0. The van der Waals surface area contributed by atoms with E-state index >= 15 is 0 Å². The Labute approximate surface area is 206 Å². The molecule has 2 aliphatic heterocycles. The third kappa shape index (κ3) is 4.51. The van der Waals surface area contributed by atoms with Gasteiger partial charge >= 0.3 is 0 Å². The Hall–Kier alpha value is -1.18. The molecule has 1 aliphatic carbocycles. The molecule has 2 aromatic carbocycles. The second-order valence-corrected chi connectivity index (χ2v) is 10.7. The largest absolute Gasteiger partial charge is 0.308 e. The Morgan fingerprint density at radius 3 is 2.45 bits per heavy atom. The first-order valence-corrected chi connectivity index (χ1v) is 12.6. The SMILES string of the molecule is S=C(NN1CC2CCCC2C1)C1=NN(c2ccc(Cl)cc2Cl)C(c2ccc(Br)cc2)C1. The van der Waals surface area contributed by atoms with Crippen LogP contribution in [0.5, 0.6) is 0 Å². The van der Waals surface area contributed by atoms with Gasteiger partial charge in [0.05, 0.1) is 22.5 Å². The van der Waals surface area contributed by atoms with Crippen molar-refractivity contribution in [3.05, 3.63) is 62.5 Å². The summed E-state index contributed by atoms with van der Waals surface area (Å²) in [6.07, 6.45) is 4.76. The van der Waals surface area contributed by atoms with Crippen LogP contribution < -0.4 is 10.4 Å². The van der Waals surface area contributed by atoms with Crippen molar-refractivity contribution in [3.63, 3.8) is 0 Å². The fourth-order valence-corrected chi connectivity index (χ4v) is 6.03. The molecule has 0 radical (unpaired) electrons. The number of anilines is 1. The first-order valence-electron chi connectivity index (χ1n) is 10.6. The van der Waals surface area contributed by atoms with Crippen LogP contribution in [0.15, 0.2) is 52.0 Å². The zero-order chi connectivity index (χ0) is 21.5. The van der Waals surface area contributed by atoms with Gasteiger partial charge < -0.3 is 5.43 Å². The summed E-state index contributed by atoms with van der Waals surface area (Å²) in [4.78, 5) is 0.703. The van der Waals surface area contributed by atoms with E-state index in [9.17, 15) is 0 Å². The highest BCUT2D eigenvalue weighted by atomic mass is 79.9. The van der Waals surface area contributed by atoms with Gasteiger partial charge in [-0.25, -0.2) is 5.01 Å². The fraction of sp³-hybridized carbons (Fsp3) is 0.391. The maximum atomic E-state index is 6.55. The number of nitrogens with one attached hydrogen (secondary N) is 1. The van der Waals surface area contributed by atoms with E-state index in [1.165, 1.54) is 19.3 Å². The number of hydrazone groups is 1. The molecule has 162 valence electrons. The molecule has 0 spiro atoms. The third-order valence-corrected chi connectivity index (χ3v) is 7.96. The van der Waals surface area contributed by atoms with Gasteiger partial charge in [-0.15, -0.1) is 0 Å². The van der Waals surface area contributed by atoms with Crippen molar-refractivity contribution in [2.24, 2.45) is 16.9 Å². The van der Waals surface area contributed by atoms with E-state index in [1.807, 2.05) is 17.1 Å². The van der Waals surface area contributed by atoms with Gasteiger partial charge in [0.1, 0.15) is 4.99 Å². The van der Waals surface area contributed by atoms with Gasteiger partial charge in [0.2, 0.25) is 0 Å². The zero-order valence-corrected chi connectivity index (χ0v) is 20.8. The highest BCUT2D eigenvalue weighted by molar-refractivity contribution is 9.10. The van der Waals surface area contributed by atoms with Crippen LogP contribution in [0.3, 0.4) is 0 Å². The van der Waals surface area contributed by atoms with E-state index in [4.69, 9.17) is 40.5 Å². The summed E-state index contributed by atoms with van der Waals surface area (Å²) in [5.74, 6) is 1.61. The molecule has 0 aromatic heterocycles. The minimum Gasteiger partial charge on any atom is -0.308 e. The van der Waals surface area contributed by atoms with Gasteiger partial charge in [0.25, 0.3) is 0 Å². The topological polar surface area (TPSA) is 30.9 Å². The van der Waals surface area contributed by atoms with Gasteiger partial charge in [-0.05, 0) is 60.6 Å². The molecule has 1 N–H and O–H groups in total. The normalized spacial score (nSPS) is 25.6. The van der Waals surface area contributed by atoms with E-state index < -0.39 is 0 Å². The van der Waals surface area contributed by atoms with Crippen molar-refractivity contribution >= 4 is 67.7 Å². The summed E-state index contributed by atoms with van der Waals surface area (Å²) in [6, 6.07) is 13.9. The van der Waals surface area contributed by atoms with Gasteiger partial charge in [0, 0.05) is 29.0 Å². The second kappa shape index (κ2) is 8.99. The molecule has 2 aromatic rings. The van der Waals surface area contributed by atoms with Crippen LogP contribution in [0, 0.1) is 11.8 Å². The lowest BCUT2D eigenvalue weighted by molar-refractivity contribution is 0.274. The smallest absolute Gasteiger partial charge is 0.137 e. The highest BCUT2D eigenvalue weighted by Gasteiger charge is 2.38. The number of hydrogen-bond acceptors (Lipinski definition) is 4. The molecule has 0 bridgehead atoms. The first kappa shape index (κ1) is 21.7. The fourth-order valence-electron chi connectivity index (χ4n) is 5.02. The Morgan fingerprint density at radius 1 is 1.06 bits per heavy atom. The van der Waals surface area contributed by atoms with Gasteiger partial charge in [-0.3, -0.25) is 5.01 Å². The van der Waals surface area contributed by atoms with E-state index in [-0.39, 0.29) is 6.04 Å². The van der Waals surface area contributed by atoms with Crippen molar-refractivity contribution in [1.82, 2.24) is 10.4 Å². The molecule has 3 aliphatic rings. The molecular formula is C23H23BrCl2N4S. The molecule has 1 saturated heterocycles. The number of halogens is 3. The molecule has 31 heavy (non-hydrogen) atoms. The minimum absolute atomic E-state index is 0.0134.